The average molecular weight is 215 g/mol. The predicted octanol–water partition coefficient (Wildman–Crippen LogP) is 1.20. The molecule has 0 spiro atoms. The van der Waals surface area contributed by atoms with E-state index in [0.717, 1.165) is 0 Å². The zero-order valence-corrected chi connectivity index (χ0v) is 8.68. The van der Waals surface area contributed by atoms with Crippen molar-refractivity contribution >= 4 is 22.7 Å². The molecule has 0 saturated heterocycles. The molecule has 2 aromatic rings. The lowest BCUT2D eigenvalue weighted by atomic mass is 10.2. The van der Waals surface area contributed by atoms with Gasteiger partial charge in [-0.1, -0.05) is 0 Å². The lowest BCUT2D eigenvalue weighted by molar-refractivity contribution is -0.698. The van der Waals surface area contributed by atoms with Crippen molar-refractivity contribution in [3.8, 4) is 0 Å². The average Bonchev–Trinajstić information content (AvgIpc) is 2.30. The van der Waals surface area contributed by atoms with Crippen molar-refractivity contribution in [2.75, 3.05) is 11.5 Å². The van der Waals surface area contributed by atoms with Gasteiger partial charge in [-0.05, 0) is 24.3 Å². The smallest absolute Gasteiger partial charge is 0.136 e. The summed E-state index contributed by atoms with van der Waals surface area (Å²) in [5.41, 5.74) is 13.7. The van der Waals surface area contributed by atoms with Gasteiger partial charge in [0.1, 0.15) is 11.4 Å². The lowest BCUT2D eigenvalue weighted by Gasteiger charge is -2.21. The molecule has 0 heterocycles. The highest BCUT2D eigenvalue weighted by atomic mass is 16.5. The molecule has 0 atom stereocenters. The highest BCUT2D eigenvalue weighted by Crippen LogP contribution is 2.11. The number of hydrogen-bond acceptors (Lipinski definition) is 3. The first-order valence-electron chi connectivity index (χ1n) is 4.92. The molecule has 82 valence electrons. The second kappa shape index (κ2) is 4.22. The second-order valence-electron chi connectivity index (χ2n) is 3.57. The van der Waals surface area contributed by atoms with Gasteiger partial charge >= 0.3 is 0 Å². The van der Waals surface area contributed by atoms with E-state index in [4.69, 9.17) is 11.5 Å². The Hall–Kier alpha value is -2.04. The molecule has 4 nitrogen and oxygen atoms in total. The van der Waals surface area contributed by atoms with Crippen LogP contribution in [0, 0.1) is 5.21 Å². The third-order valence-electron chi connectivity index (χ3n) is 2.35. The zero-order valence-electron chi connectivity index (χ0n) is 8.68. The third kappa shape index (κ3) is 2.13. The zero-order chi connectivity index (χ0) is 11.5. The van der Waals surface area contributed by atoms with Crippen LogP contribution >= 0.6 is 0 Å². The summed E-state index contributed by atoms with van der Waals surface area (Å²) in [6.45, 7) is 0. The van der Waals surface area contributed by atoms with Crippen LogP contribution in [0.25, 0.3) is 0 Å². The molecule has 0 fully saturated rings. The van der Waals surface area contributed by atoms with Crippen molar-refractivity contribution in [2.24, 2.45) is 0 Å². The van der Waals surface area contributed by atoms with Crippen LogP contribution in [0.3, 0.4) is 0 Å². The number of quaternary nitrogens is 1. The second-order valence-corrected chi connectivity index (χ2v) is 3.57. The number of benzene rings is 2. The van der Waals surface area contributed by atoms with Gasteiger partial charge in [0.15, 0.2) is 0 Å². The fourth-order valence-electron chi connectivity index (χ4n) is 1.44. The molecule has 0 unspecified atom stereocenters. The first-order valence-corrected chi connectivity index (χ1v) is 4.92. The molecule has 16 heavy (non-hydrogen) atoms. The molecular weight excluding hydrogens is 202 g/mol. The van der Waals surface area contributed by atoms with Gasteiger partial charge < -0.3 is 21.7 Å². The van der Waals surface area contributed by atoms with Gasteiger partial charge in [0.2, 0.25) is 0 Å². The van der Waals surface area contributed by atoms with Crippen LogP contribution in [0.4, 0.5) is 22.7 Å². The van der Waals surface area contributed by atoms with Gasteiger partial charge in [-0.3, -0.25) is 0 Å². The van der Waals surface area contributed by atoms with Gasteiger partial charge in [0, 0.05) is 35.6 Å². The fourth-order valence-corrected chi connectivity index (χ4v) is 1.44. The standard InChI is InChI=1S/C12H13N3O/c13-9-1-5-11(6-2-9)15(16)12-7-3-10(14)4-8-12/h1-8,15H,13-14H2. The summed E-state index contributed by atoms with van der Waals surface area (Å²) < 4.78 is 0. The number of nitrogens with one attached hydrogen (secondary N) is 1. The van der Waals surface area contributed by atoms with Crippen LogP contribution in [0.1, 0.15) is 0 Å². The fraction of sp³-hybridized carbons (Fsp3) is 0. The summed E-state index contributed by atoms with van der Waals surface area (Å²) in [5, 5.41) is 12.0. The van der Waals surface area contributed by atoms with Gasteiger partial charge in [0.25, 0.3) is 0 Å². The van der Waals surface area contributed by atoms with E-state index in [-0.39, 0.29) is 5.06 Å². The molecule has 2 rings (SSSR count). The van der Waals surface area contributed by atoms with E-state index >= 15 is 0 Å². The summed E-state index contributed by atoms with van der Waals surface area (Å²) in [4.78, 5) is 0. The minimum absolute atomic E-state index is 0.0278. The lowest BCUT2D eigenvalue weighted by Crippen LogP contribution is -2.96. The summed E-state index contributed by atoms with van der Waals surface area (Å²) >= 11 is 0. The Morgan fingerprint density at radius 1 is 0.688 bits per heavy atom. The Bertz CT molecular complexity index is 419. The Labute approximate surface area is 93.7 Å². The molecule has 2 aromatic carbocycles. The Kier molecular flexibility index (Phi) is 2.76. The summed E-state index contributed by atoms with van der Waals surface area (Å²) in [5.74, 6) is 0. The maximum Gasteiger partial charge on any atom is 0.136 e. The van der Waals surface area contributed by atoms with Crippen LogP contribution in [-0.2, 0) is 0 Å². The van der Waals surface area contributed by atoms with E-state index in [1.165, 1.54) is 0 Å². The number of nitrogen functional groups attached to an aromatic ring is 2. The quantitative estimate of drug-likeness (QED) is 0.520. The van der Waals surface area contributed by atoms with Gasteiger partial charge in [-0.2, -0.15) is 0 Å². The Morgan fingerprint density at radius 2 is 1.00 bits per heavy atom. The summed E-state index contributed by atoms with van der Waals surface area (Å²) in [6, 6.07) is 13.7. The number of rotatable bonds is 2. The molecule has 0 bridgehead atoms. The molecule has 0 aliphatic heterocycles. The molecular formula is C12H13N3O. The van der Waals surface area contributed by atoms with E-state index in [9.17, 15) is 5.21 Å². The molecule has 0 aliphatic carbocycles. The van der Waals surface area contributed by atoms with Crippen molar-refractivity contribution in [1.29, 1.82) is 0 Å². The van der Waals surface area contributed by atoms with Crippen molar-refractivity contribution < 1.29 is 5.06 Å². The maximum absolute atomic E-state index is 12.0. The van der Waals surface area contributed by atoms with E-state index in [1.54, 1.807) is 48.5 Å². The summed E-state index contributed by atoms with van der Waals surface area (Å²) in [7, 11) is 0. The highest BCUT2D eigenvalue weighted by Gasteiger charge is 2.05. The summed E-state index contributed by atoms with van der Waals surface area (Å²) in [6.07, 6.45) is 0. The Balaban J connectivity index is 2.28. The first kappa shape index (κ1) is 10.5. The topological polar surface area (TPSA) is 79.5 Å². The number of hydrogen-bond donors (Lipinski definition) is 3. The highest BCUT2D eigenvalue weighted by molar-refractivity contribution is 5.49. The van der Waals surface area contributed by atoms with Crippen LogP contribution in [0.2, 0.25) is 0 Å². The molecule has 0 aliphatic rings. The molecule has 0 saturated carbocycles. The maximum atomic E-state index is 12.0. The predicted molar refractivity (Wildman–Crippen MR) is 65.4 cm³/mol. The van der Waals surface area contributed by atoms with Crippen molar-refractivity contribution in [3.63, 3.8) is 0 Å². The molecule has 0 amide bonds. The van der Waals surface area contributed by atoms with E-state index in [0.29, 0.717) is 22.7 Å². The van der Waals surface area contributed by atoms with Crippen molar-refractivity contribution in [2.45, 2.75) is 0 Å². The van der Waals surface area contributed by atoms with E-state index in [1.807, 2.05) is 0 Å². The SMILES string of the molecule is Nc1ccc([NH+]([O-])c2ccc(N)cc2)cc1. The van der Waals surface area contributed by atoms with Crippen LogP contribution in [-0.4, -0.2) is 0 Å². The number of nitrogens with two attached hydrogens (primary N) is 2. The normalized spacial score (nSPS) is 10.6. The van der Waals surface area contributed by atoms with Crippen LogP contribution < -0.4 is 16.5 Å². The van der Waals surface area contributed by atoms with Gasteiger partial charge in [-0.25, -0.2) is 0 Å². The third-order valence-corrected chi connectivity index (χ3v) is 2.35. The largest absolute Gasteiger partial charge is 0.623 e. The van der Waals surface area contributed by atoms with Gasteiger partial charge in [0.05, 0.1) is 0 Å². The monoisotopic (exact) mass is 215 g/mol. The molecule has 4 heteroatoms. The molecule has 0 radical (unpaired) electrons. The van der Waals surface area contributed by atoms with Crippen LogP contribution in [0.15, 0.2) is 48.5 Å². The number of anilines is 2. The van der Waals surface area contributed by atoms with E-state index in [2.05, 4.69) is 0 Å². The van der Waals surface area contributed by atoms with Crippen molar-refractivity contribution in [3.05, 3.63) is 53.7 Å². The Morgan fingerprint density at radius 3 is 1.31 bits per heavy atom. The molecule has 5 N–H and O–H groups in total. The minimum Gasteiger partial charge on any atom is -0.623 e. The van der Waals surface area contributed by atoms with Crippen molar-refractivity contribution in [1.82, 2.24) is 0 Å². The minimum atomic E-state index is -0.0278. The van der Waals surface area contributed by atoms with Gasteiger partial charge in [-0.15, -0.1) is 0 Å². The molecule has 0 aromatic heterocycles. The van der Waals surface area contributed by atoms with E-state index < -0.39 is 0 Å². The first-order chi connectivity index (χ1) is 7.66. The van der Waals surface area contributed by atoms with Crippen LogP contribution in [0.5, 0.6) is 0 Å².